The van der Waals surface area contributed by atoms with Crippen molar-refractivity contribution in [1.82, 2.24) is 20.1 Å². The van der Waals surface area contributed by atoms with Gasteiger partial charge in [0, 0.05) is 30.5 Å². The fourth-order valence-electron chi connectivity index (χ4n) is 2.20. The van der Waals surface area contributed by atoms with E-state index in [0.29, 0.717) is 19.6 Å². The SMILES string of the molecule is CCOC(=O)CCC(=O)NCCc1csc(-n2nc(C)cc2C)n1. The van der Waals surface area contributed by atoms with E-state index in [1.165, 1.54) is 11.3 Å². The van der Waals surface area contributed by atoms with Crippen molar-refractivity contribution in [2.24, 2.45) is 0 Å². The molecule has 0 saturated heterocycles. The summed E-state index contributed by atoms with van der Waals surface area (Å²) in [6.07, 6.45) is 0.895. The molecule has 0 aliphatic rings. The van der Waals surface area contributed by atoms with Crippen molar-refractivity contribution in [3.8, 4) is 5.13 Å². The van der Waals surface area contributed by atoms with Crippen LogP contribution >= 0.6 is 11.3 Å². The lowest BCUT2D eigenvalue weighted by molar-refractivity contribution is -0.144. The Morgan fingerprint density at radius 3 is 2.79 bits per heavy atom. The number of aryl methyl sites for hydroxylation is 2. The summed E-state index contributed by atoms with van der Waals surface area (Å²) in [5.74, 6) is -0.501. The second-order valence-corrected chi connectivity index (χ2v) is 6.20. The van der Waals surface area contributed by atoms with Crippen molar-refractivity contribution in [1.29, 1.82) is 0 Å². The number of thiazole rings is 1. The first-order valence-electron chi connectivity index (χ1n) is 7.90. The van der Waals surface area contributed by atoms with E-state index in [0.717, 1.165) is 22.2 Å². The lowest BCUT2D eigenvalue weighted by Gasteiger charge is -2.04. The highest BCUT2D eigenvalue weighted by Gasteiger charge is 2.10. The zero-order valence-electron chi connectivity index (χ0n) is 14.2. The molecule has 1 amide bonds. The van der Waals surface area contributed by atoms with Gasteiger partial charge in [0.15, 0.2) is 0 Å². The average molecular weight is 350 g/mol. The molecule has 0 radical (unpaired) electrons. The minimum absolute atomic E-state index is 0.110. The Hall–Kier alpha value is -2.22. The summed E-state index contributed by atoms with van der Waals surface area (Å²) in [4.78, 5) is 27.4. The van der Waals surface area contributed by atoms with Gasteiger partial charge in [-0.25, -0.2) is 9.67 Å². The first-order chi connectivity index (χ1) is 11.5. The number of esters is 1. The topological polar surface area (TPSA) is 86.1 Å². The van der Waals surface area contributed by atoms with E-state index < -0.39 is 0 Å². The van der Waals surface area contributed by atoms with Crippen LogP contribution in [-0.4, -0.2) is 39.8 Å². The summed E-state index contributed by atoms with van der Waals surface area (Å²) in [5.41, 5.74) is 2.91. The van der Waals surface area contributed by atoms with Crippen LogP contribution < -0.4 is 5.32 Å². The van der Waals surface area contributed by atoms with Crippen LogP contribution in [0.4, 0.5) is 0 Å². The van der Waals surface area contributed by atoms with Gasteiger partial charge in [0.1, 0.15) is 0 Å². The number of amides is 1. The Labute approximate surface area is 145 Å². The highest BCUT2D eigenvalue weighted by atomic mass is 32.1. The minimum atomic E-state index is -0.346. The maximum atomic E-state index is 11.7. The smallest absolute Gasteiger partial charge is 0.306 e. The van der Waals surface area contributed by atoms with E-state index in [2.05, 4.69) is 15.4 Å². The zero-order valence-corrected chi connectivity index (χ0v) is 15.0. The molecule has 0 aromatic carbocycles. The Bertz CT molecular complexity index is 708. The Morgan fingerprint density at radius 1 is 1.33 bits per heavy atom. The van der Waals surface area contributed by atoms with E-state index in [-0.39, 0.29) is 24.7 Å². The number of hydrogen-bond acceptors (Lipinski definition) is 6. The van der Waals surface area contributed by atoms with Gasteiger partial charge in [-0.15, -0.1) is 11.3 Å². The number of rotatable bonds is 8. The van der Waals surface area contributed by atoms with E-state index in [1.54, 1.807) is 6.92 Å². The normalized spacial score (nSPS) is 10.6. The summed E-state index contributed by atoms with van der Waals surface area (Å²) in [5, 5.41) is 9.99. The van der Waals surface area contributed by atoms with Crippen LogP contribution in [0.25, 0.3) is 5.13 Å². The summed E-state index contributed by atoms with van der Waals surface area (Å²) >= 11 is 1.52. The van der Waals surface area contributed by atoms with E-state index >= 15 is 0 Å². The number of aromatic nitrogens is 3. The third kappa shape index (κ3) is 5.16. The lowest BCUT2D eigenvalue weighted by atomic mass is 10.3. The minimum Gasteiger partial charge on any atom is -0.466 e. The molecule has 0 aliphatic heterocycles. The van der Waals surface area contributed by atoms with Crippen LogP contribution in [-0.2, 0) is 20.7 Å². The fourth-order valence-corrected chi connectivity index (χ4v) is 3.06. The molecule has 0 saturated carbocycles. The molecule has 7 nitrogen and oxygen atoms in total. The molecular formula is C16H22N4O3S. The molecule has 0 unspecified atom stereocenters. The van der Waals surface area contributed by atoms with Crippen LogP contribution in [0.3, 0.4) is 0 Å². The number of nitrogens with zero attached hydrogens (tertiary/aromatic N) is 3. The van der Waals surface area contributed by atoms with Crippen molar-refractivity contribution >= 4 is 23.2 Å². The summed E-state index contributed by atoms with van der Waals surface area (Å²) in [6, 6.07) is 2.00. The van der Waals surface area contributed by atoms with Crippen molar-refractivity contribution < 1.29 is 14.3 Å². The Kier molecular flexibility index (Phi) is 6.48. The van der Waals surface area contributed by atoms with Crippen LogP contribution in [0.2, 0.25) is 0 Å². The van der Waals surface area contributed by atoms with E-state index in [1.807, 2.05) is 30.0 Å². The molecule has 8 heteroatoms. The molecule has 2 aromatic heterocycles. The molecule has 2 rings (SSSR count). The molecule has 2 heterocycles. The van der Waals surface area contributed by atoms with Crippen molar-refractivity contribution in [2.45, 2.75) is 40.0 Å². The van der Waals surface area contributed by atoms with Gasteiger partial charge in [-0.05, 0) is 26.8 Å². The third-order valence-corrected chi connectivity index (χ3v) is 4.16. The van der Waals surface area contributed by atoms with Gasteiger partial charge in [-0.1, -0.05) is 0 Å². The van der Waals surface area contributed by atoms with E-state index in [9.17, 15) is 9.59 Å². The molecule has 0 aliphatic carbocycles. The molecule has 0 spiro atoms. The monoisotopic (exact) mass is 350 g/mol. The maximum absolute atomic E-state index is 11.7. The fraction of sp³-hybridized carbons (Fsp3) is 0.500. The number of hydrogen-bond donors (Lipinski definition) is 1. The van der Waals surface area contributed by atoms with Gasteiger partial charge in [0.05, 0.1) is 24.4 Å². The van der Waals surface area contributed by atoms with Crippen molar-refractivity contribution in [2.75, 3.05) is 13.2 Å². The Balaban J connectivity index is 1.76. The molecule has 130 valence electrons. The summed E-state index contributed by atoms with van der Waals surface area (Å²) in [7, 11) is 0. The van der Waals surface area contributed by atoms with Gasteiger partial charge in [-0.3, -0.25) is 9.59 Å². The average Bonchev–Trinajstić information content (AvgIpc) is 3.11. The first-order valence-corrected chi connectivity index (χ1v) is 8.78. The van der Waals surface area contributed by atoms with Crippen molar-refractivity contribution in [3.63, 3.8) is 0 Å². The van der Waals surface area contributed by atoms with Crippen LogP contribution in [0.1, 0.15) is 36.8 Å². The quantitative estimate of drug-likeness (QED) is 0.736. The summed E-state index contributed by atoms with van der Waals surface area (Å²) in [6.45, 7) is 6.50. The number of ether oxygens (including phenoxy) is 1. The van der Waals surface area contributed by atoms with Gasteiger partial charge < -0.3 is 10.1 Å². The number of carbonyl (C=O) groups excluding carboxylic acids is 2. The van der Waals surface area contributed by atoms with Gasteiger partial charge in [0.25, 0.3) is 0 Å². The second-order valence-electron chi connectivity index (χ2n) is 5.37. The van der Waals surface area contributed by atoms with Crippen molar-refractivity contribution in [3.05, 3.63) is 28.5 Å². The maximum Gasteiger partial charge on any atom is 0.306 e. The molecular weight excluding hydrogens is 328 g/mol. The van der Waals surface area contributed by atoms with E-state index in [4.69, 9.17) is 4.74 Å². The predicted octanol–water partition coefficient (Wildman–Crippen LogP) is 1.95. The van der Waals surface area contributed by atoms with Gasteiger partial charge >= 0.3 is 5.97 Å². The highest BCUT2D eigenvalue weighted by molar-refractivity contribution is 7.12. The number of carbonyl (C=O) groups is 2. The van der Waals surface area contributed by atoms with Crippen LogP contribution in [0.15, 0.2) is 11.4 Å². The number of nitrogens with one attached hydrogen (secondary N) is 1. The highest BCUT2D eigenvalue weighted by Crippen LogP contribution is 2.17. The second kappa shape index (κ2) is 8.58. The van der Waals surface area contributed by atoms with Gasteiger partial charge in [0.2, 0.25) is 11.0 Å². The Morgan fingerprint density at radius 2 is 2.12 bits per heavy atom. The molecule has 0 atom stereocenters. The van der Waals surface area contributed by atoms with Crippen LogP contribution in [0.5, 0.6) is 0 Å². The largest absolute Gasteiger partial charge is 0.466 e. The predicted molar refractivity (Wildman–Crippen MR) is 91.3 cm³/mol. The molecule has 0 fully saturated rings. The first kappa shape index (κ1) is 18.1. The molecule has 2 aromatic rings. The lowest BCUT2D eigenvalue weighted by Crippen LogP contribution is -2.26. The zero-order chi connectivity index (χ0) is 17.5. The summed E-state index contributed by atoms with van der Waals surface area (Å²) < 4.78 is 6.61. The third-order valence-electron chi connectivity index (χ3n) is 3.30. The molecule has 24 heavy (non-hydrogen) atoms. The standard InChI is InChI=1S/C16H22N4O3S/c1-4-23-15(22)6-5-14(21)17-8-7-13-10-24-16(18-13)20-12(3)9-11(2)19-20/h9-10H,4-8H2,1-3H3,(H,17,21). The molecule has 0 bridgehead atoms. The van der Waals surface area contributed by atoms with Crippen LogP contribution in [0, 0.1) is 13.8 Å². The van der Waals surface area contributed by atoms with Gasteiger partial charge in [-0.2, -0.15) is 5.10 Å². The molecule has 1 N–H and O–H groups in total.